The van der Waals surface area contributed by atoms with E-state index in [0.717, 1.165) is 72.0 Å². The van der Waals surface area contributed by atoms with Crippen molar-refractivity contribution in [3.05, 3.63) is 218 Å². The van der Waals surface area contributed by atoms with E-state index in [2.05, 4.69) is 49.1 Å². The highest BCUT2D eigenvalue weighted by atomic mass is 16.3. The molecule has 0 atom stereocenters. The highest BCUT2D eigenvalue weighted by Gasteiger charge is 2.16. The van der Waals surface area contributed by atoms with Crippen LogP contribution in [0, 0.1) is 0 Å². The summed E-state index contributed by atoms with van der Waals surface area (Å²) in [6, 6.07) is 60.8. The average molecular weight is 785 g/mol. The molecule has 0 fully saturated rings. The Bertz CT molecular complexity index is 3140. The first-order valence-corrected chi connectivity index (χ1v) is 20.0. The van der Waals surface area contributed by atoms with Crippen LogP contribution >= 0.6 is 0 Å². The fraction of sp³-hybridized carbons (Fsp3) is 0. The van der Waals surface area contributed by atoms with Crippen LogP contribution in [0.3, 0.4) is 0 Å². The summed E-state index contributed by atoms with van der Waals surface area (Å²) in [5.41, 5.74) is 10.1. The molecule has 0 radical (unpaired) electrons. The third kappa shape index (κ3) is 7.79. The van der Waals surface area contributed by atoms with Crippen molar-refractivity contribution in [3.63, 3.8) is 0 Å². The van der Waals surface area contributed by atoms with E-state index in [-0.39, 0.29) is 0 Å². The molecule has 0 aliphatic carbocycles. The number of nitrogens with zero attached hydrogens (tertiary/aromatic N) is 6. The fourth-order valence-electron chi connectivity index (χ4n) is 7.31. The number of fused-ring (bicyclic) bond motifs is 3. The molecule has 10 aromatic rings. The first kappa shape index (κ1) is 36.9. The molecule has 0 bridgehead atoms. The zero-order valence-electron chi connectivity index (χ0n) is 32.9. The molecule has 7 nitrogen and oxygen atoms in total. The molecule has 10 rings (SSSR count). The fourth-order valence-corrected chi connectivity index (χ4v) is 7.31. The quantitative estimate of drug-likeness (QED) is 0.128. The molecule has 7 heteroatoms. The van der Waals surface area contributed by atoms with Crippen molar-refractivity contribution in [1.29, 1.82) is 0 Å². The van der Waals surface area contributed by atoms with Crippen molar-refractivity contribution < 1.29 is 4.42 Å². The molecule has 3 heterocycles. The van der Waals surface area contributed by atoms with Crippen molar-refractivity contribution in [2.24, 2.45) is 0 Å². The van der Waals surface area contributed by atoms with Crippen LogP contribution in [0.5, 0.6) is 0 Å². The van der Waals surface area contributed by atoms with Gasteiger partial charge in [-0.3, -0.25) is 0 Å². The van der Waals surface area contributed by atoms with Crippen LogP contribution in [-0.2, 0) is 0 Å². The van der Waals surface area contributed by atoms with E-state index in [0.29, 0.717) is 34.9 Å². The van der Waals surface area contributed by atoms with Gasteiger partial charge in [0.2, 0.25) is 0 Å². The molecule has 0 aliphatic rings. The first-order chi connectivity index (χ1) is 30.1. The second-order valence-electron chi connectivity index (χ2n) is 14.4. The summed E-state index contributed by atoms with van der Waals surface area (Å²) in [6.45, 7) is 4.00. The summed E-state index contributed by atoms with van der Waals surface area (Å²) in [4.78, 5) is 29.5. The Morgan fingerprint density at radius 1 is 0.393 bits per heavy atom. The lowest BCUT2D eigenvalue weighted by Gasteiger charge is -2.09. The number of allylic oxidation sites excluding steroid dienone is 4. The zero-order valence-corrected chi connectivity index (χ0v) is 32.9. The number of benzene rings is 7. The summed E-state index contributed by atoms with van der Waals surface area (Å²) >= 11 is 0. The summed E-state index contributed by atoms with van der Waals surface area (Å²) in [6.07, 6.45) is 7.76. The molecule has 0 amide bonds. The van der Waals surface area contributed by atoms with Gasteiger partial charge in [-0.2, -0.15) is 0 Å². The summed E-state index contributed by atoms with van der Waals surface area (Å²) in [5.74, 6) is 3.61. The van der Waals surface area contributed by atoms with Gasteiger partial charge in [0.1, 0.15) is 11.2 Å². The van der Waals surface area contributed by atoms with Gasteiger partial charge in [0, 0.05) is 44.2 Å². The lowest BCUT2D eigenvalue weighted by molar-refractivity contribution is 0.669. The minimum absolute atomic E-state index is 0.551. The van der Waals surface area contributed by atoms with Gasteiger partial charge in [-0.05, 0) is 47.0 Å². The summed E-state index contributed by atoms with van der Waals surface area (Å²) in [7, 11) is 0. The highest BCUT2D eigenvalue weighted by Crippen LogP contribution is 2.35. The predicted octanol–water partition coefficient (Wildman–Crippen LogP) is 13.2. The van der Waals surface area contributed by atoms with Crippen molar-refractivity contribution in [2.75, 3.05) is 0 Å². The third-order valence-electron chi connectivity index (χ3n) is 10.4. The number of hydrogen-bond donors (Lipinski definition) is 0. The Hall–Kier alpha value is -8.42. The van der Waals surface area contributed by atoms with E-state index < -0.39 is 0 Å². The largest absolute Gasteiger partial charge is 0.456 e. The molecule has 288 valence electrons. The maximum absolute atomic E-state index is 6.34. The lowest BCUT2D eigenvalue weighted by Crippen LogP contribution is -2.02. The highest BCUT2D eigenvalue weighted by molar-refractivity contribution is 6.07. The van der Waals surface area contributed by atoms with E-state index in [1.54, 1.807) is 6.08 Å². The number of furan rings is 1. The van der Waals surface area contributed by atoms with E-state index >= 15 is 0 Å². The molecule has 3 aromatic heterocycles. The van der Waals surface area contributed by atoms with E-state index in [1.807, 2.05) is 158 Å². The molecule has 0 spiro atoms. The van der Waals surface area contributed by atoms with E-state index in [4.69, 9.17) is 34.3 Å². The molecule has 0 aliphatic heterocycles. The van der Waals surface area contributed by atoms with Crippen LogP contribution in [0.2, 0.25) is 0 Å². The predicted molar refractivity (Wildman–Crippen MR) is 247 cm³/mol. The Kier molecular flexibility index (Phi) is 9.94. The van der Waals surface area contributed by atoms with Gasteiger partial charge >= 0.3 is 0 Å². The normalized spacial score (nSPS) is 11.7. The number of hydrogen-bond acceptors (Lipinski definition) is 7. The second-order valence-corrected chi connectivity index (χ2v) is 14.4. The first-order valence-electron chi connectivity index (χ1n) is 20.0. The molecule has 0 saturated heterocycles. The van der Waals surface area contributed by atoms with Crippen LogP contribution < -0.4 is 0 Å². The van der Waals surface area contributed by atoms with Gasteiger partial charge in [0.25, 0.3) is 0 Å². The van der Waals surface area contributed by atoms with Gasteiger partial charge < -0.3 is 4.42 Å². The van der Waals surface area contributed by atoms with E-state index in [1.165, 1.54) is 0 Å². The van der Waals surface area contributed by atoms with Gasteiger partial charge in [0.05, 0.1) is 0 Å². The molecular weight excluding hydrogens is 749 g/mol. The van der Waals surface area contributed by atoms with E-state index in [9.17, 15) is 0 Å². The second kappa shape index (κ2) is 16.4. The van der Waals surface area contributed by atoms with Crippen molar-refractivity contribution in [2.45, 2.75) is 0 Å². The Labute approximate surface area is 352 Å². The minimum Gasteiger partial charge on any atom is -0.456 e. The smallest absolute Gasteiger partial charge is 0.164 e. The third-order valence-corrected chi connectivity index (χ3v) is 10.4. The van der Waals surface area contributed by atoms with Crippen LogP contribution in [0.25, 0.3) is 102 Å². The van der Waals surface area contributed by atoms with Crippen LogP contribution in [0.1, 0.15) is 11.4 Å². The standard InChI is InChI=1S/C54H36N6O/c1-2-16-37(49-55-50(38-17-7-3-8-18-38)57-51(56-49)39-19-9-4-10-20-39)29-27-36-28-31-47-45(33-36)46-35-43(30-32-48(46)61-47)42-25-15-26-44(34-42)54-59-52(40-21-11-5-12-22-40)58-53(60-54)41-23-13-6-14-24-41/h2-35H,1H2/b29-27+,37-16+. The zero-order chi connectivity index (χ0) is 41.0. The van der Waals surface area contributed by atoms with Gasteiger partial charge in [-0.1, -0.05) is 183 Å². The minimum atomic E-state index is 0.551. The molecule has 7 aromatic carbocycles. The Morgan fingerprint density at radius 2 is 0.820 bits per heavy atom. The van der Waals surface area contributed by atoms with Crippen LogP contribution in [0.4, 0.5) is 0 Å². The maximum atomic E-state index is 6.34. The topological polar surface area (TPSA) is 90.5 Å². The van der Waals surface area contributed by atoms with Crippen molar-refractivity contribution >= 4 is 33.6 Å². The van der Waals surface area contributed by atoms with Gasteiger partial charge in [0.15, 0.2) is 34.9 Å². The molecular formula is C54H36N6O. The Balaban J connectivity index is 0.997. The van der Waals surface area contributed by atoms with Gasteiger partial charge in [-0.25, -0.2) is 29.9 Å². The monoisotopic (exact) mass is 784 g/mol. The average Bonchev–Trinajstić information content (AvgIpc) is 3.71. The Morgan fingerprint density at radius 3 is 1.34 bits per heavy atom. The SMILES string of the molecule is C=C/C=C(\C=C\c1ccc2oc3ccc(-c4cccc(-c5nc(-c6ccccc6)nc(-c6ccccc6)n5)c4)cc3c2c1)c1nc(-c2ccccc2)nc(-c2ccccc2)n1. The molecule has 0 N–H and O–H groups in total. The maximum Gasteiger partial charge on any atom is 0.164 e. The molecule has 0 unspecified atom stereocenters. The summed E-state index contributed by atoms with van der Waals surface area (Å²) in [5, 5.41) is 2.03. The summed E-state index contributed by atoms with van der Waals surface area (Å²) < 4.78 is 6.34. The van der Waals surface area contributed by atoms with Crippen molar-refractivity contribution in [1.82, 2.24) is 29.9 Å². The van der Waals surface area contributed by atoms with Crippen LogP contribution in [-0.4, -0.2) is 29.9 Å². The lowest BCUT2D eigenvalue weighted by atomic mass is 10.00. The van der Waals surface area contributed by atoms with Crippen LogP contribution in [0.15, 0.2) is 211 Å². The molecule has 61 heavy (non-hydrogen) atoms. The number of rotatable bonds is 10. The molecule has 0 saturated carbocycles. The van der Waals surface area contributed by atoms with Gasteiger partial charge in [-0.15, -0.1) is 0 Å². The van der Waals surface area contributed by atoms with Crippen molar-refractivity contribution in [3.8, 4) is 68.1 Å². The number of aromatic nitrogens is 6.